The second-order valence-corrected chi connectivity index (χ2v) is 4.67. The number of nitrogens with two attached hydrogens (primary N) is 1. The van der Waals surface area contributed by atoms with Gasteiger partial charge in [0.25, 0.3) is 5.91 Å². The van der Waals surface area contributed by atoms with Crippen LogP contribution in [0.15, 0.2) is 42.5 Å². The molecule has 0 heterocycles. The van der Waals surface area contributed by atoms with Crippen LogP contribution in [0.2, 0.25) is 0 Å². The molecule has 0 spiro atoms. The van der Waals surface area contributed by atoms with Gasteiger partial charge in [-0.2, -0.15) is 4.39 Å². The lowest BCUT2D eigenvalue weighted by atomic mass is 10.1. The smallest absolute Gasteiger partial charge is 0.304 e. The van der Waals surface area contributed by atoms with Crippen molar-refractivity contribution < 1.29 is 18.9 Å². The Morgan fingerprint density at radius 2 is 1.91 bits per heavy atom. The first-order valence-corrected chi connectivity index (χ1v) is 6.49. The molecule has 2 aromatic rings. The zero-order chi connectivity index (χ0) is 17.0. The van der Waals surface area contributed by atoms with Gasteiger partial charge in [-0.1, -0.05) is 12.1 Å². The number of nitrogens with zero attached hydrogens (tertiary/aromatic N) is 1. The van der Waals surface area contributed by atoms with E-state index in [1.165, 1.54) is 6.07 Å². The van der Waals surface area contributed by atoms with Crippen molar-refractivity contribution >= 4 is 17.5 Å². The van der Waals surface area contributed by atoms with E-state index >= 15 is 0 Å². The summed E-state index contributed by atoms with van der Waals surface area (Å²) in [6, 6.07) is 9.26. The molecular formula is C15H12FN3O4. The van der Waals surface area contributed by atoms with Crippen molar-refractivity contribution in [3.05, 3.63) is 75.1 Å². The topological polar surface area (TPSA) is 115 Å². The van der Waals surface area contributed by atoms with Crippen LogP contribution >= 0.6 is 0 Å². The standard InChI is InChI=1S/C15H12FN3O4/c16-12-7-11(4-5-13(12)19(22)23)15(21)18-8-9-2-1-3-10(6-9)14(17)20/h1-7H,8H2,(H2,17,20)(H,18,21). The third kappa shape index (κ3) is 3.88. The molecule has 0 atom stereocenters. The average Bonchev–Trinajstić information content (AvgIpc) is 2.52. The van der Waals surface area contributed by atoms with Crippen LogP contribution in [0.4, 0.5) is 10.1 Å². The number of hydrogen-bond acceptors (Lipinski definition) is 4. The normalized spacial score (nSPS) is 10.1. The molecule has 2 rings (SSSR count). The van der Waals surface area contributed by atoms with E-state index in [-0.39, 0.29) is 12.1 Å². The Morgan fingerprint density at radius 3 is 2.52 bits per heavy atom. The van der Waals surface area contributed by atoms with Gasteiger partial charge in [-0.3, -0.25) is 19.7 Å². The fraction of sp³-hybridized carbons (Fsp3) is 0.0667. The van der Waals surface area contributed by atoms with Gasteiger partial charge < -0.3 is 11.1 Å². The summed E-state index contributed by atoms with van der Waals surface area (Å²) in [6.45, 7) is 0.0958. The minimum Gasteiger partial charge on any atom is -0.366 e. The molecule has 0 saturated carbocycles. The lowest BCUT2D eigenvalue weighted by Gasteiger charge is -2.06. The number of nitrogens with one attached hydrogen (secondary N) is 1. The summed E-state index contributed by atoms with van der Waals surface area (Å²) in [5.74, 6) is -2.27. The van der Waals surface area contributed by atoms with Gasteiger partial charge in [0.2, 0.25) is 11.7 Å². The highest BCUT2D eigenvalue weighted by Crippen LogP contribution is 2.18. The number of benzene rings is 2. The van der Waals surface area contributed by atoms with E-state index in [1.54, 1.807) is 18.2 Å². The molecule has 0 saturated heterocycles. The maximum atomic E-state index is 13.5. The molecule has 2 aromatic carbocycles. The van der Waals surface area contributed by atoms with Crippen LogP contribution in [0.1, 0.15) is 26.3 Å². The maximum Gasteiger partial charge on any atom is 0.304 e. The van der Waals surface area contributed by atoms with Crippen molar-refractivity contribution in [3.63, 3.8) is 0 Å². The van der Waals surface area contributed by atoms with Gasteiger partial charge in [0.15, 0.2) is 0 Å². The molecule has 0 unspecified atom stereocenters. The first kappa shape index (κ1) is 16.1. The number of carbonyl (C=O) groups excluding carboxylic acids is 2. The predicted molar refractivity (Wildman–Crippen MR) is 79.2 cm³/mol. The van der Waals surface area contributed by atoms with Gasteiger partial charge in [-0.15, -0.1) is 0 Å². The number of amides is 2. The van der Waals surface area contributed by atoms with E-state index in [0.717, 1.165) is 18.2 Å². The average molecular weight is 317 g/mol. The third-order valence-corrected chi connectivity index (χ3v) is 3.07. The van der Waals surface area contributed by atoms with E-state index in [1.807, 2.05) is 0 Å². The van der Waals surface area contributed by atoms with Crippen LogP contribution in [0.3, 0.4) is 0 Å². The van der Waals surface area contributed by atoms with Crippen LogP contribution in [0.5, 0.6) is 0 Å². The number of nitro groups is 1. The van der Waals surface area contributed by atoms with E-state index in [0.29, 0.717) is 11.1 Å². The molecule has 3 N–H and O–H groups in total. The molecule has 7 nitrogen and oxygen atoms in total. The highest BCUT2D eigenvalue weighted by molar-refractivity contribution is 5.94. The Kier molecular flexibility index (Phi) is 4.65. The molecule has 0 bridgehead atoms. The number of rotatable bonds is 5. The Bertz CT molecular complexity index is 792. The van der Waals surface area contributed by atoms with E-state index in [2.05, 4.69) is 5.32 Å². The second kappa shape index (κ2) is 6.65. The van der Waals surface area contributed by atoms with Crippen molar-refractivity contribution in [3.8, 4) is 0 Å². The molecule has 0 radical (unpaired) electrons. The zero-order valence-corrected chi connectivity index (χ0v) is 11.8. The molecular weight excluding hydrogens is 305 g/mol. The number of nitro benzene ring substituents is 1. The van der Waals surface area contributed by atoms with E-state index in [4.69, 9.17) is 5.73 Å². The summed E-state index contributed by atoms with van der Waals surface area (Å²) in [4.78, 5) is 32.7. The van der Waals surface area contributed by atoms with Crippen molar-refractivity contribution in [1.82, 2.24) is 5.32 Å². The Labute approximate surface area is 130 Å². The van der Waals surface area contributed by atoms with Crippen molar-refractivity contribution in [1.29, 1.82) is 0 Å². The summed E-state index contributed by atoms with van der Waals surface area (Å²) in [6.07, 6.45) is 0. The highest BCUT2D eigenvalue weighted by atomic mass is 19.1. The quantitative estimate of drug-likeness (QED) is 0.645. The van der Waals surface area contributed by atoms with Crippen molar-refractivity contribution in [2.45, 2.75) is 6.54 Å². The molecule has 8 heteroatoms. The summed E-state index contributed by atoms with van der Waals surface area (Å²) in [7, 11) is 0. The first-order valence-electron chi connectivity index (χ1n) is 6.49. The molecule has 0 aromatic heterocycles. The third-order valence-electron chi connectivity index (χ3n) is 3.07. The second-order valence-electron chi connectivity index (χ2n) is 4.67. The lowest BCUT2D eigenvalue weighted by Crippen LogP contribution is -2.23. The number of halogens is 1. The summed E-state index contributed by atoms with van der Waals surface area (Å²) in [5, 5.41) is 13.1. The molecule has 0 aliphatic rings. The summed E-state index contributed by atoms with van der Waals surface area (Å²) in [5.41, 5.74) is 5.36. The minimum atomic E-state index is -1.08. The zero-order valence-electron chi connectivity index (χ0n) is 11.8. The predicted octanol–water partition coefficient (Wildman–Crippen LogP) is 1.76. The van der Waals surface area contributed by atoms with Crippen LogP contribution in [0, 0.1) is 15.9 Å². The molecule has 0 fully saturated rings. The van der Waals surface area contributed by atoms with Gasteiger partial charge >= 0.3 is 5.69 Å². The highest BCUT2D eigenvalue weighted by Gasteiger charge is 2.16. The van der Waals surface area contributed by atoms with Gasteiger partial charge in [0.05, 0.1) is 4.92 Å². The fourth-order valence-electron chi connectivity index (χ4n) is 1.92. The van der Waals surface area contributed by atoms with E-state index in [9.17, 15) is 24.1 Å². The summed E-state index contributed by atoms with van der Waals surface area (Å²) >= 11 is 0. The first-order chi connectivity index (χ1) is 10.9. The van der Waals surface area contributed by atoms with Crippen LogP contribution in [0.25, 0.3) is 0 Å². The number of primary amides is 1. The Hall–Kier alpha value is -3.29. The van der Waals surface area contributed by atoms with Crippen LogP contribution in [-0.4, -0.2) is 16.7 Å². The number of hydrogen-bond donors (Lipinski definition) is 2. The Morgan fingerprint density at radius 1 is 1.17 bits per heavy atom. The van der Waals surface area contributed by atoms with Crippen molar-refractivity contribution in [2.24, 2.45) is 5.73 Å². The van der Waals surface area contributed by atoms with Gasteiger partial charge in [0, 0.05) is 23.7 Å². The van der Waals surface area contributed by atoms with Gasteiger partial charge in [-0.25, -0.2) is 0 Å². The van der Waals surface area contributed by atoms with E-state index < -0.39 is 28.2 Å². The van der Waals surface area contributed by atoms with Crippen LogP contribution < -0.4 is 11.1 Å². The molecule has 23 heavy (non-hydrogen) atoms. The molecule has 2 amide bonds. The fourth-order valence-corrected chi connectivity index (χ4v) is 1.92. The Balaban J connectivity index is 2.08. The summed E-state index contributed by atoms with van der Waals surface area (Å²) < 4.78 is 13.5. The van der Waals surface area contributed by atoms with Crippen LogP contribution in [-0.2, 0) is 6.54 Å². The molecule has 0 aliphatic carbocycles. The maximum absolute atomic E-state index is 13.5. The number of carbonyl (C=O) groups is 2. The molecule has 0 aliphatic heterocycles. The van der Waals surface area contributed by atoms with Crippen molar-refractivity contribution in [2.75, 3.05) is 0 Å². The SMILES string of the molecule is NC(=O)c1cccc(CNC(=O)c2ccc([N+](=O)[O-])c(F)c2)c1. The minimum absolute atomic E-state index is 0.0424. The van der Waals surface area contributed by atoms with Gasteiger partial charge in [-0.05, 0) is 29.8 Å². The largest absolute Gasteiger partial charge is 0.366 e. The lowest BCUT2D eigenvalue weighted by molar-refractivity contribution is -0.387. The molecule has 118 valence electrons. The monoisotopic (exact) mass is 317 g/mol. The van der Waals surface area contributed by atoms with Gasteiger partial charge in [0.1, 0.15) is 0 Å².